The molecule has 136 valence electrons. The minimum absolute atomic E-state index is 0.630. The third kappa shape index (κ3) is 2.89. The highest BCUT2D eigenvalue weighted by molar-refractivity contribution is 5.82. The van der Waals surface area contributed by atoms with Crippen molar-refractivity contribution in [3.8, 4) is 17.3 Å². The van der Waals surface area contributed by atoms with Gasteiger partial charge in [-0.2, -0.15) is 0 Å². The van der Waals surface area contributed by atoms with E-state index >= 15 is 0 Å². The van der Waals surface area contributed by atoms with E-state index in [1.807, 2.05) is 71.6 Å². The van der Waals surface area contributed by atoms with Crippen molar-refractivity contribution >= 4 is 12.0 Å². The first-order valence-corrected chi connectivity index (χ1v) is 9.32. The molecule has 4 nitrogen and oxygen atoms in total. The maximum atomic E-state index is 6.20. The molecule has 0 spiro atoms. The number of para-hydroxylation sites is 2. The zero-order valence-corrected chi connectivity index (χ0v) is 15.5. The molecule has 0 radical (unpaired) electrons. The minimum Gasteiger partial charge on any atom is -0.437 e. The second-order valence-corrected chi connectivity index (χ2v) is 6.87. The van der Waals surface area contributed by atoms with Gasteiger partial charge in [0, 0.05) is 12.6 Å². The van der Waals surface area contributed by atoms with E-state index in [-0.39, 0.29) is 0 Å². The van der Waals surface area contributed by atoms with Crippen LogP contribution in [-0.4, -0.2) is 16.0 Å². The molecule has 0 atom stereocenters. The largest absolute Gasteiger partial charge is 0.437 e. The number of rotatable bonds is 3. The molecule has 1 aliphatic rings. The molecule has 0 bridgehead atoms. The number of fused-ring (bicyclic) bond motifs is 2. The highest BCUT2D eigenvalue weighted by atomic mass is 16.5. The number of ether oxygens (including phenoxy) is 1. The molecule has 5 rings (SSSR count). The van der Waals surface area contributed by atoms with E-state index in [9.17, 15) is 0 Å². The van der Waals surface area contributed by atoms with E-state index in [2.05, 4.69) is 25.1 Å². The van der Waals surface area contributed by atoms with Crippen LogP contribution in [0.4, 0.5) is 5.82 Å². The Kier molecular flexibility index (Phi) is 4.02. The van der Waals surface area contributed by atoms with Crippen molar-refractivity contribution in [2.24, 2.45) is 4.99 Å². The first kappa shape index (κ1) is 16.5. The predicted octanol–water partition coefficient (Wildman–Crippen LogP) is 5.63. The summed E-state index contributed by atoms with van der Waals surface area (Å²) in [5, 5.41) is 4.75. The van der Waals surface area contributed by atoms with Crippen LogP contribution in [0, 0.1) is 6.92 Å². The molecular formula is C24H19N3O. The number of benzene rings is 3. The molecule has 0 N–H and O–H groups in total. The minimum atomic E-state index is 0.630. The summed E-state index contributed by atoms with van der Waals surface area (Å²) in [6, 6.07) is 26.4. The van der Waals surface area contributed by atoms with Gasteiger partial charge in [0.15, 0.2) is 5.82 Å². The normalized spacial score (nSPS) is 12.5. The Bertz CT molecular complexity index is 1160. The van der Waals surface area contributed by atoms with E-state index in [1.165, 1.54) is 0 Å². The first-order valence-electron chi connectivity index (χ1n) is 9.32. The molecule has 0 saturated carbocycles. The zero-order valence-electron chi connectivity index (χ0n) is 15.5. The van der Waals surface area contributed by atoms with Gasteiger partial charge in [-0.15, -0.1) is 5.10 Å². The smallest absolute Gasteiger partial charge is 0.244 e. The molecule has 4 heteroatoms. The van der Waals surface area contributed by atoms with Gasteiger partial charge in [-0.05, 0) is 35.7 Å². The van der Waals surface area contributed by atoms with Crippen molar-refractivity contribution < 1.29 is 4.74 Å². The third-order valence-corrected chi connectivity index (χ3v) is 4.92. The molecule has 0 saturated heterocycles. The number of aryl methyl sites for hydroxylation is 1. The van der Waals surface area contributed by atoms with Crippen molar-refractivity contribution in [2.45, 2.75) is 13.3 Å². The first-order chi connectivity index (χ1) is 13.8. The van der Waals surface area contributed by atoms with Gasteiger partial charge in [-0.25, -0.2) is 9.67 Å². The van der Waals surface area contributed by atoms with Crippen LogP contribution >= 0.6 is 0 Å². The summed E-state index contributed by atoms with van der Waals surface area (Å²) in [4.78, 5) is 4.82. The van der Waals surface area contributed by atoms with Crippen LogP contribution in [0.1, 0.15) is 22.3 Å². The summed E-state index contributed by atoms with van der Waals surface area (Å²) in [6.45, 7) is 2.06. The van der Waals surface area contributed by atoms with Crippen molar-refractivity contribution in [2.75, 3.05) is 0 Å². The lowest BCUT2D eigenvalue weighted by molar-refractivity contribution is 0.435. The highest BCUT2D eigenvalue weighted by Crippen LogP contribution is 2.42. The van der Waals surface area contributed by atoms with Crippen LogP contribution in [0.25, 0.3) is 5.69 Å². The van der Waals surface area contributed by atoms with Crippen LogP contribution in [-0.2, 0) is 6.42 Å². The summed E-state index contributed by atoms with van der Waals surface area (Å²) >= 11 is 0. The quantitative estimate of drug-likeness (QED) is 0.389. The molecule has 3 aromatic carbocycles. The fourth-order valence-corrected chi connectivity index (χ4v) is 3.50. The van der Waals surface area contributed by atoms with E-state index in [0.29, 0.717) is 5.88 Å². The lowest BCUT2D eigenvalue weighted by Crippen LogP contribution is -2.03. The fourth-order valence-electron chi connectivity index (χ4n) is 3.50. The molecule has 2 heterocycles. The van der Waals surface area contributed by atoms with Gasteiger partial charge < -0.3 is 4.74 Å². The van der Waals surface area contributed by atoms with Gasteiger partial charge in [0.1, 0.15) is 5.75 Å². The maximum absolute atomic E-state index is 6.20. The summed E-state index contributed by atoms with van der Waals surface area (Å²) in [7, 11) is 0. The third-order valence-electron chi connectivity index (χ3n) is 4.92. The fraction of sp³-hybridized carbons (Fsp3) is 0.0833. The predicted molar refractivity (Wildman–Crippen MR) is 111 cm³/mol. The van der Waals surface area contributed by atoms with Gasteiger partial charge in [0.2, 0.25) is 5.88 Å². The van der Waals surface area contributed by atoms with Crippen molar-refractivity contribution in [1.29, 1.82) is 0 Å². The van der Waals surface area contributed by atoms with Crippen molar-refractivity contribution in [1.82, 2.24) is 9.78 Å². The molecule has 4 aromatic rings. The number of aromatic nitrogens is 2. The van der Waals surface area contributed by atoms with Gasteiger partial charge in [0.25, 0.3) is 0 Å². The molecular weight excluding hydrogens is 346 g/mol. The van der Waals surface area contributed by atoms with Gasteiger partial charge in [-0.1, -0.05) is 66.7 Å². The lowest BCUT2D eigenvalue weighted by atomic mass is 10.0. The SMILES string of the molecule is Cc1cccc2c1Oc1nn(-c3ccccc3)c(N=Cc3ccccc3)c1C2. The second-order valence-electron chi connectivity index (χ2n) is 6.87. The molecule has 1 aliphatic heterocycles. The summed E-state index contributed by atoms with van der Waals surface area (Å²) in [5.41, 5.74) is 5.30. The van der Waals surface area contributed by atoms with Crippen LogP contribution in [0.5, 0.6) is 11.6 Å². The number of hydrogen-bond donors (Lipinski definition) is 0. The Labute approximate surface area is 163 Å². The van der Waals surface area contributed by atoms with Gasteiger partial charge in [-0.3, -0.25) is 0 Å². The van der Waals surface area contributed by atoms with Gasteiger partial charge in [0.05, 0.1) is 11.3 Å². The average molecular weight is 365 g/mol. The van der Waals surface area contributed by atoms with Crippen LogP contribution in [0.15, 0.2) is 83.9 Å². The molecule has 0 aliphatic carbocycles. The monoisotopic (exact) mass is 365 g/mol. The molecule has 0 unspecified atom stereocenters. The molecule has 1 aromatic heterocycles. The van der Waals surface area contributed by atoms with Crippen molar-refractivity contribution in [3.05, 3.63) is 101 Å². The van der Waals surface area contributed by atoms with Crippen molar-refractivity contribution in [3.63, 3.8) is 0 Å². The van der Waals surface area contributed by atoms with E-state index in [1.54, 1.807) is 0 Å². The Hall–Kier alpha value is -3.66. The summed E-state index contributed by atoms with van der Waals surface area (Å²) in [5.74, 6) is 2.34. The zero-order chi connectivity index (χ0) is 18.9. The Balaban J connectivity index is 1.65. The van der Waals surface area contributed by atoms with Crippen LogP contribution in [0.2, 0.25) is 0 Å². The summed E-state index contributed by atoms with van der Waals surface area (Å²) < 4.78 is 8.06. The average Bonchev–Trinajstić information content (AvgIpc) is 3.10. The number of nitrogens with zero attached hydrogens (tertiary/aromatic N) is 3. The van der Waals surface area contributed by atoms with Crippen LogP contribution < -0.4 is 4.74 Å². The molecule has 0 amide bonds. The summed E-state index contributed by atoms with van der Waals surface area (Å²) in [6.07, 6.45) is 2.63. The second kappa shape index (κ2) is 6.82. The number of hydrogen-bond acceptors (Lipinski definition) is 3. The standard InChI is InChI=1S/C24H19N3O/c1-17-9-8-12-19-15-21-23(25-16-18-10-4-2-5-11-18)27(20-13-6-3-7-14-20)26-24(21)28-22(17)19/h2-14,16H,15H2,1H3. The number of aliphatic imine (C=N–C) groups is 1. The van der Waals surface area contributed by atoms with Gasteiger partial charge >= 0.3 is 0 Å². The Morgan fingerprint density at radius 3 is 2.46 bits per heavy atom. The Morgan fingerprint density at radius 2 is 1.68 bits per heavy atom. The van der Waals surface area contributed by atoms with E-state index in [4.69, 9.17) is 14.8 Å². The van der Waals surface area contributed by atoms with E-state index in [0.717, 1.165) is 45.9 Å². The lowest BCUT2D eigenvalue weighted by Gasteiger charge is -2.17. The Morgan fingerprint density at radius 1 is 0.929 bits per heavy atom. The van der Waals surface area contributed by atoms with E-state index < -0.39 is 0 Å². The highest BCUT2D eigenvalue weighted by Gasteiger charge is 2.27. The molecule has 28 heavy (non-hydrogen) atoms. The van der Waals surface area contributed by atoms with Crippen LogP contribution in [0.3, 0.4) is 0 Å². The maximum Gasteiger partial charge on any atom is 0.244 e. The molecule has 0 fully saturated rings. The topological polar surface area (TPSA) is 39.4 Å².